The Morgan fingerprint density at radius 1 is 1.33 bits per heavy atom. The Morgan fingerprint density at radius 3 is 2.60 bits per heavy atom. The van der Waals surface area contributed by atoms with E-state index >= 15 is 0 Å². The van der Waals surface area contributed by atoms with E-state index in [0.717, 1.165) is 12.0 Å². The number of benzene rings is 1. The van der Waals surface area contributed by atoms with Crippen LogP contribution in [0, 0.1) is 0 Å². The van der Waals surface area contributed by atoms with Gasteiger partial charge in [-0.05, 0) is 37.2 Å². The minimum Gasteiger partial charge on any atom is -0.427 e. The Kier molecular flexibility index (Phi) is 4.82. The standard InChI is InChI=1S/C11H18BNO2/c1-9(13)7-11-4-2-3-10(8-11)5-6-12(14)15/h2-4,8-9,14-15H,5-7,13H2,1H3/t9-/m1/s1. The Bertz CT molecular complexity index is 302. The van der Waals surface area contributed by atoms with Crippen LogP contribution in [-0.2, 0) is 12.8 Å². The van der Waals surface area contributed by atoms with Crippen LogP contribution in [0.15, 0.2) is 24.3 Å². The van der Waals surface area contributed by atoms with Gasteiger partial charge < -0.3 is 15.8 Å². The molecule has 1 rings (SSSR count). The average molecular weight is 207 g/mol. The van der Waals surface area contributed by atoms with E-state index in [4.69, 9.17) is 15.8 Å². The Morgan fingerprint density at radius 2 is 2.00 bits per heavy atom. The highest BCUT2D eigenvalue weighted by atomic mass is 16.4. The van der Waals surface area contributed by atoms with Crippen molar-refractivity contribution in [2.45, 2.75) is 32.1 Å². The van der Waals surface area contributed by atoms with Gasteiger partial charge in [0, 0.05) is 6.04 Å². The summed E-state index contributed by atoms with van der Waals surface area (Å²) < 4.78 is 0. The molecule has 0 aromatic heterocycles. The first-order chi connectivity index (χ1) is 7.08. The van der Waals surface area contributed by atoms with Crippen molar-refractivity contribution < 1.29 is 10.0 Å². The van der Waals surface area contributed by atoms with E-state index in [9.17, 15) is 0 Å². The van der Waals surface area contributed by atoms with Crippen molar-refractivity contribution in [1.29, 1.82) is 0 Å². The molecule has 0 saturated heterocycles. The maximum Gasteiger partial charge on any atom is 0.451 e. The molecule has 82 valence electrons. The first-order valence-electron chi connectivity index (χ1n) is 5.27. The summed E-state index contributed by atoms with van der Waals surface area (Å²) in [5, 5.41) is 17.5. The van der Waals surface area contributed by atoms with E-state index in [0.29, 0.717) is 12.7 Å². The zero-order chi connectivity index (χ0) is 11.3. The molecule has 0 radical (unpaired) electrons. The minimum absolute atomic E-state index is 0.156. The van der Waals surface area contributed by atoms with Gasteiger partial charge in [-0.1, -0.05) is 24.3 Å². The van der Waals surface area contributed by atoms with Crippen LogP contribution in [0.25, 0.3) is 0 Å². The van der Waals surface area contributed by atoms with Crippen LogP contribution in [0.3, 0.4) is 0 Å². The molecule has 4 heteroatoms. The lowest BCUT2D eigenvalue weighted by molar-refractivity contribution is 0.405. The fourth-order valence-electron chi connectivity index (χ4n) is 1.58. The second kappa shape index (κ2) is 5.90. The van der Waals surface area contributed by atoms with Gasteiger partial charge in [-0.15, -0.1) is 0 Å². The maximum atomic E-state index is 8.76. The molecule has 0 aliphatic rings. The van der Waals surface area contributed by atoms with Crippen molar-refractivity contribution in [3.63, 3.8) is 0 Å². The molecule has 4 N–H and O–H groups in total. The van der Waals surface area contributed by atoms with E-state index in [1.807, 2.05) is 25.1 Å². The minimum atomic E-state index is -1.22. The van der Waals surface area contributed by atoms with Crippen molar-refractivity contribution in [2.24, 2.45) is 5.73 Å². The fraction of sp³-hybridized carbons (Fsp3) is 0.455. The lowest BCUT2D eigenvalue weighted by Gasteiger charge is -2.07. The third-order valence-electron chi connectivity index (χ3n) is 2.24. The number of hydrogen-bond acceptors (Lipinski definition) is 3. The molecular formula is C11H18BNO2. The second-order valence-electron chi connectivity index (χ2n) is 4.02. The molecule has 0 aliphatic heterocycles. The summed E-state index contributed by atoms with van der Waals surface area (Å²) in [6.07, 6.45) is 1.92. The molecule has 0 bridgehead atoms. The third kappa shape index (κ3) is 4.97. The zero-order valence-electron chi connectivity index (χ0n) is 9.06. The highest BCUT2D eigenvalue weighted by Gasteiger charge is 2.06. The molecule has 0 fully saturated rings. The highest BCUT2D eigenvalue weighted by Crippen LogP contribution is 2.09. The van der Waals surface area contributed by atoms with Crippen LogP contribution >= 0.6 is 0 Å². The number of nitrogens with two attached hydrogens (primary N) is 1. The molecule has 1 atom stereocenters. The van der Waals surface area contributed by atoms with Gasteiger partial charge in [-0.25, -0.2) is 0 Å². The van der Waals surface area contributed by atoms with Crippen molar-refractivity contribution in [2.75, 3.05) is 0 Å². The average Bonchev–Trinajstić information content (AvgIpc) is 2.14. The summed E-state index contributed by atoms with van der Waals surface area (Å²) in [4.78, 5) is 0. The van der Waals surface area contributed by atoms with Crippen LogP contribution in [-0.4, -0.2) is 23.2 Å². The maximum absolute atomic E-state index is 8.76. The Labute approximate surface area is 91.1 Å². The highest BCUT2D eigenvalue weighted by molar-refractivity contribution is 6.40. The molecule has 0 saturated carbocycles. The van der Waals surface area contributed by atoms with E-state index in [1.54, 1.807) is 0 Å². The van der Waals surface area contributed by atoms with Gasteiger partial charge in [-0.2, -0.15) is 0 Å². The first kappa shape index (κ1) is 12.2. The van der Waals surface area contributed by atoms with Crippen molar-refractivity contribution in [3.8, 4) is 0 Å². The first-order valence-corrected chi connectivity index (χ1v) is 5.27. The van der Waals surface area contributed by atoms with Crippen molar-refractivity contribution >= 4 is 7.12 Å². The lowest BCUT2D eigenvalue weighted by atomic mass is 9.82. The van der Waals surface area contributed by atoms with Gasteiger partial charge in [-0.3, -0.25) is 0 Å². The van der Waals surface area contributed by atoms with Crippen molar-refractivity contribution in [1.82, 2.24) is 0 Å². The summed E-state index contributed by atoms with van der Waals surface area (Å²) in [7, 11) is -1.22. The van der Waals surface area contributed by atoms with Crippen LogP contribution in [0.2, 0.25) is 6.32 Å². The van der Waals surface area contributed by atoms with Crippen LogP contribution in [0.1, 0.15) is 18.1 Å². The van der Waals surface area contributed by atoms with Crippen LogP contribution in [0.5, 0.6) is 0 Å². The molecule has 0 amide bonds. The molecule has 3 nitrogen and oxygen atoms in total. The van der Waals surface area contributed by atoms with Gasteiger partial charge >= 0.3 is 7.12 Å². The van der Waals surface area contributed by atoms with E-state index in [2.05, 4.69) is 6.07 Å². The summed E-state index contributed by atoms with van der Waals surface area (Å²) in [6.45, 7) is 1.98. The summed E-state index contributed by atoms with van der Waals surface area (Å²) >= 11 is 0. The van der Waals surface area contributed by atoms with Crippen LogP contribution in [0.4, 0.5) is 0 Å². The van der Waals surface area contributed by atoms with Gasteiger partial charge in [0.2, 0.25) is 0 Å². The molecule has 0 aliphatic carbocycles. The monoisotopic (exact) mass is 207 g/mol. The van der Waals surface area contributed by atoms with Crippen molar-refractivity contribution in [3.05, 3.63) is 35.4 Å². The fourth-order valence-corrected chi connectivity index (χ4v) is 1.58. The molecule has 1 aromatic carbocycles. The van der Waals surface area contributed by atoms with E-state index in [-0.39, 0.29) is 6.04 Å². The predicted octanol–water partition coefficient (Wildman–Crippen LogP) is 0.592. The quantitative estimate of drug-likeness (QED) is 0.619. The number of rotatable bonds is 5. The van der Waals surface area contributed by atoms with Gasteiger partial charge in [0.1, 0.15) is 0 Å². The largest absolute Gasteiger partial charge is 0.451 e. The normalized spacial score (nSPS) is 12.5. The molecule has 0 heterocycles. The zero-order valence-corrected chi connectivity index (χ0v) is 9.06. The predicted molar refractivity (Wildman–Crippen MR) is 62.5 cm³/mol. The summed E-state index contributed by atoms with van der Waals surface area (Å²) in [5.74, 6) is 0. The van der Waals surface area contributed by atoms with Gasteiger partial charge in [0.25, 0.3) is 0 Å². The Hall–Kier alpha value is -0.835. The summed E-state index contributed by atoms with van der Waals surface area (Å²) in [5.41, 5.74) is 8.05. The molecule has 0 unspecified atom stereocenters. The molecule has 15 heavy (non-hydrogen) atoms. The van der Waals surface area contributed by atoms with Gasteiger partial charge in [0.05, 0.1) is 0 Å². The number of hydrogen-bond donors (Lipinski definition) is 3. The SMILES string of the molecule is C[C@@H](N)Cc1cccc(CCB(O)O)c1. The third-order valence-corrected chi connectivity index (χ3v) is 2.24. The van der Waals surface area contributed by atoms with E-state index in [1.165, 1.54) is 5.56 Å². The molecule has 0 spiro atoms. The number of aryl methyl sites for hydroxylation is 1. The van der Waals surface area contributed by atoms with Crippen LogP contribution < -0.4 is 5.73 Å². The molecular weight excluding hydrogens is 189 g/mol. The molecule has 1 aromatic rings. The smallest absolute Gasteiger partial charge is 0.427 e. The lowest BCUT2D eigenvalue weighted by Crippen LogP contribution is -2.17. The Balaban J connectivity index is 2.57. The second-order valence-corrected chi connectivity index (χ2v) is 4.02. The van der Waals surface area contributed by atoms with Gasteiger partial charge in [0.15, 0.2) is 0 Å². The summed E-state index contributed by atoms with van der Waals surface area (Å²) in [6, 6.07) is 8.25. The van der Waals surface area contributed by atoms with E-state index < -0.39 is 7.12 Å². The topological polar surface area (TPSA) is 66.5 Å².